The number of anilines is 2. The Morgan fingerprint density at radius 2 is 1.95 bits per heavy atom. The van der Waals surface area contributed by atoms with Gasteiger partial charge in [-0.1, -0.05) is 0 Å². The molecule has 3 aromatic heterocycles. The second kappa shape index (κ2) is 4.98. The molecular weight excluding hydrogens is 276 g/mol. The molecule has 4 rings (SSSR count). The molecule has 2 N–H and O–H groups in total. The van der Waals surface area contributed by atoms with Crippen molar-refractivity contribution < 1.29 is 0 Å². The van der Waals surface area contributed by atoms with Gasteiger partial charge in [-0.15, -0.1) is 0 Å². The Balaban J connectivity index is 1.87. The zero-order valence-electron chi connectivity index (χ0n) is 12.5. The van der Waals surface area contributed by atoms with E-state index in [1.807, 2.05) is 36.1 Å². The van der Waals surface area contributed by atoms with E-state index in [1.165, 1.54) is 12.8 Å². The summed E-state index contributed by atoms with van der Waals surface area (Å²) in [4.78, 5) is 15.8. The molecule has 0 spiro atoms. The van der Waals surface area contributed by atoms with Crippen molar-refractivity contribution in [2.45, 2.75) is 12.8 Å². The summed E-state index contributed by atoms with van der Waals surface area (Å²) >= 11 is 0. The van der Waals surface area contributed by atoms with E-state index in [0.717, 1.165) is 41.3 Å². The monoisotopic (exact) mass is 294 g/mol. The van der Waals surface area contributed by atoms with Gasteiger partial charge >= 0.3 is 0 Å². The van der Waals surface area contributed by atoms with Crippen LogP contribution in [-0.4, -0.2) is 32.6 Å². The summed E-state index contributed by atoms with van der Waals surface area (Å²) in [6.45, 7) is 2.00. The third-order valence-corrected chi connectivity index (χ3v) is 4.17. The Kier molecular flexibility index (Phi) is 2.96. The predicted molar refractivity (Wildman–Crippen MR) is 87.6 cm³/mol. The molecular formula is C16H18N6. The van der Waals surface area contributed by atoms with E-state index >= 15 is 0 Å². The van der Waals surface area contributed by atoms with Crippen LogP contribution < -0.4 is 10.6 Å². The number of aromatic nitrogens is 4. The largest absolute Gasteiger partial charge is 0.384 e. The van der Waals surface area contributed by atoms with Gasteiger partial charge in [0.25, 0.3) is 0 Å². The van der Waals surface area contributed by atoms with E-state index in [0.29, 0.717) is 5.82 Å². The van der Waals surface area contributed by atoms with Crippen molar-refractivity contribution in [1.82, 2.24) is 19.5 Å². The minimum atomic E-state index is 0.507. The van der Waals surface area contributed by atoms with Crippen molar-refractivity contribution in [2.24, 2.45) is 7.05 Å². The molecule has 0 amide bonds. The van der Waals surface area contributed by atoms with Crippen molar-refractivity contribution in [3.05, 3.63) is 30.6 Å². The van der Waals surface area contributed by atoms with Crippen molar-refractivity contribution in [2.75, 3.05) is 23.7 Å². The van der Waals surface area contributed by atoms with Crippen molar-refractivity contribution in [3.63, 3.8) is 0 Å². The van der Waals surface area contributed by atoms with Gasteiger partial charge in [0.05, 0.1) is 5.69 Å². The lowest BCUT2D eigenvalue weighted by atomic mass is 10.1. The zero-order chi connectivity index (χ0) is 15.1. The van der Waals surface area contributed by atoms with Crippen LogP contribution in [-0.2, 0) is 7.05 Å². The number of nitrogens with two attached hydrogens (primary N) is 1. The Hall–Kier alpha value is -2.63. The molecule has 22 heavy (non-hydrogen) atoms. The van der Waals surface area contributed by atoms with Crippen LogP contribution in [0.1, 0.15) is 12.8 Å². The van der Waals surface area contributed by atoms with E-state index in [1.54, 1.807) is 0 Å². The van der Waals surface area contributed by atoms with E-state index < -0.39 is 0 Å². The highest BCUT2D eigenvalue weighted by atomic mass is 15.3. The first-order valence-electron chi connectivity index (χ1n) is 7.52. The lowest BCUT2D eigenvalue weighted by Crippen LogP contribution is -2.21. The van der Waals surface area contributed by atoms with Gasteiger partial charge in [-0.2, -0.15) is 4.98 Å². The normalized spacial score (nSPS) is 14.9. The summed E-state index contributed by atoms with van der Waals surface area (Å²) in [5.41, 5.74) is 8.85. The molecule has 6 heteroatoms. The highest BCUT2D eigenvalue weighted by Crippen LogP contribution is 2.29. The lowest BCUT2D eigenvalue weighted by molar-refractivity contribution is 0.902. The third-order valence-electron chi connectivity index (χ3n) is 4.17. The van der Waals surface area contributed by atoms with Gasteiger partial charge < -0.3 is 15.2 Å². The topological polar surface area (TPSA) is 72.9 Å². The van der Waals surface area contributed by atoms with Crippen molar-refractivity contribution >= 4 is 22.8 Å². The van der Waals surface area contributed by atoms with Crippen LogP contribution >= 0.6 is 0 Å². The second-order valence-corrected chi connectivity index (χ2v) is 5.69. The number of nitrogen functional groups attached to an aromatic ring is 1. The van der Waals surface area contributed by atoms with Gasteiger partial charge in [0, 0.05) is 49.5 Å². The fraction of sp³-hybridized carbons (Fsp3) is 0.312. The number of hydrogen-bond donors (Lipinski definition) is 1. The van der Waals surface area contributed by atoms with Crippen LogP contribution in [0, 0.1) is 0 Å². The number of rotatable bonds is 2. The van der Waals surface area contributed by atoms with Gasteiger partial charge in [-0.05, 0) is 25.0 Å². The molecule has 0 unspecified atom stereocenters. The van der Waals surface area contributed by atoms with E-state index in [2.05, 4.69) is 20.9 Å². The maximum atomic E-state index is 6.02. The summed E-state index contributed by atoms with van der Waals surface area (Å²) in [6, 6.07) is 5.88. The standard InChI is InChI=1S/C16H18N6/c1-21-9-5-12-11(4-6-18-15(12)21)13-10-14(17)20-16(19-13)22-7-2-3-8-22/h4-6,9-10H,2-3,7-8H2,1H3,(H2,17,19,20). The first-order valence-corrected chi connectivity index (χ1v) is 7.52. The quantitative estimate of drug-likeness (QED) is 0.784. The molecule has 3 aromatic rings. The van der Waals surface area contributed by atoms with Gasteiger partial charge in [0.2, 0.25) is 5.95 Å². The Labute approximate surface area is 128 Å². The summed E-state index contributed by atoms with van der Waals surface area (Å²) in [7, 11) is 1.99. The number of aryl methyl sites for hydroxylation is 1. The molecule has 0 saturated carbocycles. The van der Waals surface area contributed by atoms with Gasteiger partial charge in [0.1, 0.15) is 11.5 Å². The molecule has 0 aliphatic carbocycles. The van der Waals surface area contributed by atoms with Gasteiger partial charge in [-0.3, -0.25) is 0 Å². The Morgan fingerprint density at radius 1 is 1.14 bits per heavy atom. The average Bonchev–Trinajstić information content (AvgIpc) is 3.17. The predicted octanol–water partition coefficient (Wildman–Crippen LogP) is 2.21. The Bertz CT molecular complexity index is 832. The van der Waals surface area contributed by atoms with Crippen LogP contribution in [0.5, 0.6) is 0 Å². The van der Waals surface area contributed by atoms with Crippen LogP contribution in [0.15, 0.2) is 30.6 Å². The van der Waals surface area contributed by atoms with E-state index in [9.17, 15) is 0 Å². The molecule has 0 bridgehead atoms. The van der Waals surface area contributed by atoms with Gasteiger partial charge in [-0.25, -0.2) is 9.97 Å². The summed E-state index contributed by atoms with van der Waals surface area (Å²) in [5, 5.41) is 1.08. The van der Waals surface area contributed by atoms with Crippen LogP contribution in [0.25, 0.3) is 22.3 Å². The molecule has 6 nitrogen and oxygen atoms in total. The molecule has 1 fully saturated rings. The zero-order valence-corrected chi connectivity index (χ0v) is 12.5. The maximum absolute atomic E-state index is 6.02. The minimum Gasteiger partial charge on any atom is -0.384 e. The molecule has 0 aromatic carbocycles. The smallest absolute Gasteiger partial charge is 0.227 e. The minimum absolute atomic E-state index is 0.507. The average molecular weight is 294 g/mol. The summed E-state index contributed by atoms with van der Waals surface area (Å²) in [6.07, 6.45) is 6.19. The van der Waals surface area contributed by atoms with E-state index in [4.69, 9.17) is 10.7 Å². The number of nitrogens with zero attached hydrogens (tertiary/aromatic N) is 5. The number of fused-ring (bicyclic) bond motifs is 1. The number of pyridine rings is 1. The fourth-order valence-corrected chi connectivity index (χ4v) is 3.04. The lowest BCUT2D eigenvalue weighted by Gasteiger charge is -2.16. The maximum Gasteiger partial charge on any atom is 0.227 e. The van der Waals surface area contributed by atoms with Crippen molar-refractivity contribution in [3.8, 4) is 11.3 Å². The second-order valence-electron chi connectivity index (χ2n) is 5.69. The summed E-state index contributed by atoms with van der Waals surface area (Å²) in [5.74, 6) is 1.24. The fourth-order valence-electron chi connectivity index (χ4n) is 3.04. The van der Waals surface area contributed by atoms with Crippen LogP contribution in [0.2, 0.25) is 0 Å². The highest BCUT2D eigenvalue weighted by Gasteiger charge is 2.17. The molecule has 1 saturated heterocycles. The van der Waals surface area contributed by atoms with Crippen LogP contribution in [0.4, 0.5) is 11.8 Å². The molecule has 4 heterocycles. The summed E-state index contributed by atoms with van der Waals surface area (Å²) < 4.78 is 2.00. The first kappa shape index (κ1) is 13.1. The molecule has 112 valence electrons. The SMILES string of the molecule is Cn1ccc2c(-c3cc(N)nc(N4CCCC4)n3)ccnc21. The first-order chi connectivity index (χ1) is 10.7. The molecule has 1 aliphatic heterocycles. The van der Waals surface area contributed by atoms with E-state index in [-0.39, 0.29) is 0 Å². The molecule has 0 atom stereocenters. The van der Waals surface area contributed by atoms with Crippen LogP contribution in [0.3, 0.4) is 0 Å². The molecule has 1 aliphatic rings. The molecule has 0 radical (unpaired) electrons. The Morgan fingerprint density at radius 3 is 2.77 bits per heavy atom. The third kappa shape index (κ3) is 2.07. The van der Waals surface area contributed by atoms with Crippen molar-refractivity contribution in [1.29, 1.82) is 0 Å². The number of hydrogen-bond acceptors (Lipinski definition) is 5. The highest BCUT2D eigenvalue weighted by molar-refractivity contribution is 5.92. The van der Waals surface area contributed by atoms with Gasteiger partial charge in [0.15, 0.2) is 0 Å².